The van der Waals surface area contributed by atoms with Gasteiger partial charge in [-0.25, -0.2) is 4.79 Å². The van der Waals surface area contributed by atoms with Crippen LogP contribution in [0.4, 0.5) is 17.1 Å². The molecule has 10 heteroatoms. The van der Waals surface area contributed by atoms with E-state index in [1.807, 2.05) is 0 Å². The normalized spacial score (nSPS) is 11.3. The summed E-state index contributed by atoms with van der Waals surface area (Å²) in [6.45, 7) is 1.33. The van der Waals surface area contributed by atoms with Crippen LogP contribution in [0.5, 0.6) is 0 Å². The topological polar surface area (TPSA) is 168 Å². The number of nitrogens with one attached hydrogen (secondary N) is 1. The number of hydrogen-bond donors (Lipinski definition) is 3. The molecule has 0 spiro atoms. The second-order valence-corrected chi connectivity index (χ2v) is 5.51. The summed E-state index contributed by atoms with van der Waals surface area (Å²) in [5.74, 6) is -2.22. The summed E-state index contributed by atoms with van der Waals surface area (Å²) in [7, 11) is 0. The fourth-order valence-electron chi connectivity index (χ4n) is 2.07. The molecule has 0 aliphatic heterocycles. The number of non-ortho nitro benzene ring substituents is 1. The van der Waals surface area contributed by atoms with Gasteiger partial charge in [0, 0.05) is 29.1 Å². The number of nitrogens with two attached hydrogens (primary N) is 2. The molecular weight excluding hydrogens is 356 g/mol. The number of rotatable bonds is 6. The fourth-order valence-corrected chi connectivity index (χ4v) is 2.07. The Hall–Kier alpha value is -3.95. The van der Waals surface area contributed by atoms with Crippen LogP contribution in [0, 0.1) is 10.1 Å². The lowest BCUT2D eigenvalue weighted by Crippen LogP contribution is -2.30. The Morgan fingerprint density at radius 1 is 1.15 bits per heavy atom. The van der Waals surface area contributed by atoms with E-state index in [4.69, 9.17) is 16.2 Å². The number of primary amides is 1. The number of nitro benzene ring substituents is 1. The van der Waals surface area contributed by atoms with Crippen molar-refractivity contribution in [1.29, 1.82) is 0 Å². The highest BCUT2D eigenvalue weighted by molar-refractivity contribution is 6.00. The highest BCUT2D eigenvalue weighted by atomic mass is 16.6. The molecule has 0 aliphatic carbocycles. The van der Waals surface area contributed by atoms with Crippen molar-refractivity contribution < 1.29 is 24.0 Å². The van der Waals surface area contributed by atoms with Gasteiger partial charge in [-0.15, -0.1) is 0 Å². The molecule has 2 aromatic rings. The predicted molar refractivity (Wildman–Crippen MR) is 96.0 cm³/mol. The second-order valence-electron chi connectivity index (χ2n) is 5.51. The molecule has 0 aliphatic rings. The number of anilines is 2. The number of nitro groups is 1. The van der Waals surface area contributed by atoms with Gasteiger partial charge in [0.1, 0.15) is 0 Å². The van der Waals surface area contributed by atoms with Gasteiger partial charge >= 0.3 is 5.97 Å². The molecule has 0 aromatic heterocycles. The number of nitrogen functional groups attached to an aromatic ring is 1. The molecule has 0 saturated carbocycles. The van der Waals surface area contributed by atoms with Crippen LogP contribution in [-0.4, -0.2) is 28.8 Å². The lowest BCUT2D eigenvalue weighted by atomic mass is 10.1. The Morgan fingerprint density at radius 3 is 2.33 bits per heavy atom. The van der Waals surface area contributed by atoms with Gasteiger partial charge in [-0.05, 0) is 37.3 Å². The van der Waals surface area contributed by atoms with E-state index >= 15 is 0 Å². The summed E-state index contributed by atoms with van der Waals surface area (Å²) < 4.78 is 5.02. The van der Waals surface area contributed by atoms with Crippen molar-refractivity contribution in [3.05, 3.63) is 63.7 Å². The molecule has 10 nitrogen and oxygen atoms in total. The third-order valence-electron chi connectivity index (χ3n) is 3.56. The second kappa shape index (κ2) is 7.95. The third-order valence-corrected chi connectivity index (χ3v) is 3.56. The van der Waals surface area contributed by atoms with Gasteiger partial charge in [-0.1, -0.05) is 0 Å². The number of ether oxygens (including phenoxy) is 1. The van der Waals surface area contributed by atoms with E-state index in [0.29, 0.717) is 5.69 Å². The molecule has 2 amide bonds. The zero-order valence-corrected chi connectivity index (χ0v) is 14.2. The molecule has 2 aromatic carbocycles. The standard InChI is InChI=1S/C17H16N4O6/c1-9(16(23)20-11-4-2-10(3-5-11)15(19)22)27-17(24)13-8-12(21(25)26)6-7-14(13)18/h2-9H,18H2,1H3,(H2,19,22)(H,20,23). The Bertz CT molecular complexity index is 910. The van der Waals surface area contributed by atoms with E-state index in [9.17, 15) is 24.5 Å². The van der Waals surface area contributed by atoms with Crippen LogP contribution in [0.25, 0.3) is 0 Å². The van der Waals surface area contributed by atoms with Crippen molar-refractivity contribution in [2.45, 2.75) is 13.0 Å². The number of carbonyl (C=O) groups is 3. The monoisotopic (exact) mass is 372 g/mol. The zero-order valence-electron chi connectivity index (χ0n) is 14.2. The Labute approximate surface area is 153 Å². The predicted octanol–water partition coefficient (Wildman–Crippen LogP) is 1.46. The maximum Gasteiger partial charge on any atom is 0.341 e. The maximum atomic E-state index is 12.2. The van der Waals surface area contributed by atoms with Crippen LogP contribution < -0.4 is 16.8 Å². The zero-order chi connectivity index (χ0) is 20.1. The molecule has 0 saturated heterocycles. The van der Waals surface area contributed by atoms with Gasteiger partial charge in [0.15, 0.2) is 6.10 Å². The van der Waals surface area contributed by atoms with Crippen LogP contribution in [0.3, 0.4) is 0 Å². The summed E-state index contributed by atoms with van der Waals surface area (Å²) in [6.07, 6.45) is -1.20. The molecule has 0 heterocycles. The van der Waals surface area contributed by atoms with Crippen molar-refractivity contribution in [2.75, 3.05) is 11.1 Å². The van der Waals surface area contributed by atoms with Crippen LogP contribution >= 0.6 is 0 Å². The molecule has 1 unspecified atom stereocenters. The first-order valence-corrected chi connectivity index (χ1v) is 7.64. The number of benzene rings is 2. The maximum absolute atomic E-state index is 12.2. The molecule has 2 rings (SSSR count). The smallest absolute Gasteiger partial charge is 0.341 e. The highest BCUT2D eigenvalue weighted by Crippen LogP contribution is 2.21. The van der Waals surface area contributed by atoms with Gasteiger partial charge in [0.25, 0.3) is 11.6 Å². The Balaban J connectivity index is 2.05. The quantitative estimate of drug-likeness (QED) is 0.298. The molecule has 0 fully saturated rings. The van der Waals surface area contributed by atoms with Crippen molar-refractivity contribution in [3.8, 4) is 0 Å². The molecule has 27 heavy (non-hydrogen) atoms. The van der Waals surface area contributed by atoms with E-state index < -0.39 is 28.8 Å². The lowest BCUT2D eigenvalue weighted by molar-refractivity contribution is -0.384. The van der Waals surface area contributed by atoms with Crippen molar-refractivity contribution in [2.24, 2.45) is 5.73 Å². The Morgan fingerprint density at radius 2 is 1.78 bits per heavy atom. The van der Waals surface area contributed by atoms with Crippen LogP contribution in [0.2, 0.25) is 0 Å². The summed E-state index contributed by atoms with van der Waals surface area (Å²) in [4.78, 5) is 45.5. The molecule has 0 bridgehead atoms. The highest BCUT2D eigenvalue weighted by Gasteiger charge is 2.22. The summed E-state index contributed by atoms with van der Waals surface area (Å²) >= 11 is 0. The molecule has 0 radical (unpaired) electrons. The molecular formula is C17H16N4O6. The third kappa shape index (κ3) is 4.78. The first-order chi connectivity index (χ1) is 12.7. The van der Waals surface area contributed by atoms with Crippen molar-refractivity contribution in [1.82, 2.24) is 0 Å². The van der Waals surface area contributed by atoms with Gasteiger partial charge in [0.2, 0.25) is 5.91 Å². The Kier molecular flexibility index (Phi) is 5.71. The molecule has 5 N–H and O–H groups in total. The van der Waals surface area contributed by atoms with Gasteiger partial charge in [-0.3, -0.25) is 19.7 Å². The number of nitrogens with zero attached hydrogens (tertiary/aromatic N) is 1. The van der Waals surface area contributed by atoms with Gasteiger partial charge < -0.3 is 21.5 Å². The SMILES string of the molecule is CC(OC(=O)c1cc([N+](=O)[O-])ccc1N)C(=O)Nc1ccc(C(N)=O)cc1. The van der Waals surface area contributed by atoms with Crippen molar-refractivity contribution in [3.63, 3.8) is 0 Å². The molecule has 140 valence electrons. The number of esters is 1. The van der Waals surface area contributed by atoms with Gasteiger partial charge in [0.05, 0.1) is 10.5 Å². The van der Waals surface area contributed by atoms with Crippen molar-refractivity contribution >= 4 is 34.8 Å². The minimum atomic E-state index is -1.20. The number of amides is 2. The van der Waals surface area contributed by atoms with E-state index in [-0.39, 0.29) is 22.5 Å². The van der Waals surface area contributed by atoms with E-state index in [2.05, 4.69) is 5.32 Å². The first-order valence-electron chi connectivity index (χ1n) is 7.64. The summed E-state index contributed by atoms with van der Waals surface area (Å²) in [6, 6.07) is 9.12. The van der Waals surface area contributed by atoms with Gasteiger partial charge in [-0.2, -0.15) is 0 Å². The molecule has 1 atom stereocenters. The van der Waals surface area contributed by atoms with Crippen LogP contribution in [-0.2, 0) is 9.53 Å². The summed E-state index contributed by atoms with van der Waals surface area (Å²) in [5, 5.41) is 13.3. The van der Waals surface area contributed by atoms with E-state index in [1.54, 1.807) is 0 Å². The fraction of sp³-hybridized carbons (Fsp3) is 0.118. The summed E-state index contributed by atoms with van der Waals surface area (Å²) in [5.41, 5.74) is 10.8. The minimum Gasteiger partial charge on any atom is -0.449 e. The van der Waals surface area contributed by atoms with Crippen LogP contribution in [0.15, 0.2) is 42.5 Å². The van der Waals surface area contributed by atoms with E-state index in [0.717, 1.165) is 12.1 Å². The largest absolute Gasteiger partial charge is 0.449 e. The number of carbonyl (C=O) groups excluding carboxylic acids is 3. The van der Waals surface area contributed by atoms with E-state index in [1.165, 1.54) is 37.3 Å². The minimum absolute atomic E-state index is 0.0137. The number of hydrogen-bond acceptors (Lipinski definition) is 7. The average Bonchev–Trinajstić information content (AvgIpc) is 2.62. The first kappa shape index (κ1) is 19.4. The lowest BCUT2D eigenvalue weighted by Gasteiger charge is -2.14. The van der Waals surface area contributed by atoms with Crippen LogP contribution in [0.1, 0.15) is 27.6 Å². The average molecular weight is 372 g/mol.